The largest absolute Gasteiger partial charge is 0.490 e. The summed E-state index contributed by atoms with van der Waals surface area (Å²) in [5.74, 6) is 0.689. The molecule has 1 aromatic rings. The third-order valence-corrected chi connectivity index (χ3v) is 5.46. The highest BCUT2D eigenvalue weighted by molar-refractivity contribution is 5.96. The second kappa shape index (κ2) is 8.68. The van der Waals surface area contributed by atoms with Crippen molar-refractivity contribution in [1.29, 1.82) is 0 Å². The third-order valence-electron chi connectivity index (χ3n) is 5.46. The van der Waals surface area contributed by atoms with Crippen LogP contribution in [0.4, 0.5) is 0 Å². The lowest BCUT2D eigenvalue weighted by Gasteiger charge is -2.37. The molecular weight excluding hydrogens is 314 g/mol. The number of ether oxygens (including phenoxy) is 1. The Bertz CT molecular complexity index is 572. The predicted octanol–water partition coefficient (Wildman–Crippen LogP) is 2.37. The lowest BCUT2D eigenvalue weighted by Crippen LogP contribution is -2.54. The van der Waals surface area contributed by atoms with Gasteiger partial charge in [0.05, 0.1) is 11.7 Å². The van der Waals surface area contributed by atoms with E-state index in [1.165, 1.54) is 19.3 Å². The van der Waals surface area contributed by atoms with Crippen LogP contribution in [0.5, 0.6) is 5.75 Å². The van der Waals surface area contributed by atoms with Crippen LogP contribution in [-0.4, -0.2) is 68.1 Å². The molecule has 1 saturated heterocycles. The summed E-state index contributed by atoms with van der Waals surface area (Å²) in [4.78, 5) is 17.4. The molecule has 25 heavy (non-hydrogen) atoms. The van der Waals surface area contributed by atoms with Gasteiger partial charge in [0.15, 0.2) is 0 Å². The second-order valence-corrected chi connectivity index (χ2v) is 7.48. The minimum atomic E-state index is -0.0342. The van der Waals surface area contributed by atoms with Crippen LogP contribution in [0.3, 0.4) is 0 Å². The van der Waals surface area contributed by atoms with Gasteiger partial charge >= 0.3 is 0 Å². The zero-order chi connectivity index (χ0) is 17.6. The van der Waals surface area contributed by atoms with Crippen molar-refractivity contribution in [2.45, 2.75) is 44.2 Å². The number of rotatable bonds is 5. The number of amides is 1. The van der Waals surface area contributed by atoms with Gasteiger partial charge in [0.25, 0.3) is 5.91 Å². The normalized spacial score (nSPS) is 23.4. The van der Waals surface area contributed by atoms with Gasteiger partial charge in [-0.3, -0.25) is 9.69 Å². The quantitative estimate of drug-likeness (QED) is 0.890. The summed E-state index contributed by atoms with van der Waals surface area (Å²) in [6.07, 6.45) is 6.18. The Labute approximate surface area is 151 Å². The monoisotopic (exact) mass is 345 g/mol. The zero-order valence-corrected chi connectivity index (χ0v) is 15.5. The van der Waals surface area contributed by atoms with Crippen molar-refractivity contribution in [3.63, 3.8) is 0 Å². The number of benzene rings is 1. The molecule has 1 N–H and O–H groups in total. The Kier molecular flexibility index (Phi) is 6.32. The number of carbonyl (C=O) groups is 1. The van der Waals surface area contributed by atoms with Crippen molar-refractivity contribution in [3.8, 4) is 5.75 Å². The number of nitrogens with one attached hydrogen (secondary N) is 1. The van der Waals surface area contributed by atoms with E-state index in [2.05, 4.69) is 29.2 Å². The molecule has 1 aliphatic heterocycles. The van der Waals surface area contributed by atoms with Crippen LogP contribution in [0.2, 0.25) is 0 Å². The highest BCUT2D eigenvalue weighted by Crippen LogP contribution is 2.26. The van der Waals surface area contributed by atoms with E-state index >= 15 is 0 Å². The van der Waals surface area contributed by atoms with Gasteiger partial charge in [-0.25, -0.2) is 0 Å². The maximum absolute atomic E-state index is 12.7. The number of hydrogen-bond donors (Lipinski definition) is 1. The average Bonchev–Trinajstić information content (AvgIpc) is 2.63. The van der Waals surface area contributed by atoms with E-state index in [1.54, 1.807) is 0 Å². The van der Waals surface area contributed by atoms with Crippen molar-refractivity contribution >= 4 is 5.91 Å². The fourth-order valence-corrected chi connectivity index (χ4v) is 3.75. The van der Waals surface area contributed by atoms with E-state index in [1.807, 2.05) is 24.3 Å². The van der Waals surface area contributed by atoms with E-state index in [9.17, 15) is 4.79 Å². The molecule has 1 aliphatic carbocycles. The van der Waals surface area contributed by atoms with Gasteiger partial charge in [-0.05, 0) is 51.9 Å². The predicted molar refractivity (Wildman–Crippen MR) is 100 cm³/mol. The number of nitrogens with zero attached hydrogens (tertiary/aromatic N) is 2. The molecule has 0 bridgehead atoms. The highest BCUT2D eigenvalue weighted by atomic mass is 16.5. The van der Waals surface area contributed by atoms with E-state index in [0.29, 0.717) is 18.2 Å². The van der Waals surface area contributed by atoms with Crippen LogP contribution >= 0.6 is 0 Å². The molecule has 1 saturated carbocycles. The molecule has 3 rings (SSSR count). The topological polar surface area (TPSA) is 44.8 Å². The van der Waals surface area contributed by atoms with Gasteiger partial charge in [-0.1, -0.05) is 18.6 Å². The van der Waals surface area contributed by atoms with Crippen LogP contribution in [0.1, 0.15) is 42.5 Å². The summed E-state index contributed by atoms with van der Waals surface area (Å²) in [5, 5.41) is 3.11. The fraction of sp³-hybridized carbons (Fsp3) is 0.650. The van der Waals surface area contributed by atoms with Crippen LogP contribution in [0.25, 0.3) is 0 Å². The Morgan fingerprint density at radius 1 is 1.16 bits per heavy atom. The average molecular weight is 345 g/mol. The first-order valence-corrected chi connectivity index (χ1v) is 9.56. The van der Waals surface area contributed by atoms with E-state index in [0.717, 1.165) is 38.2 Å². The van der Waals surface area contributed by atoms with Crippen LogP contribution in [0.15, 0.2) is 24.3 Å². The fourth-order valence-electron chi connectivity index (χ4n) is 3.75. The summed E-state index contributed by atoms with van der Waals surface area (Å²) in [5.41, 5.74) is 0.653. The third kappa shape index (κ3) is 4.95. The van der Waals surface area contributed by atoms with Crippen LogP contribution < -0.4 is 10.1 Å². The van der Waals surface area contributed by atoms with Crippen molar-refractivity contribution in [2.75, 3.05) is 40.3 Å². The summed E-state index contributed by atoms with van der Waals surface area (Å²) in [6, 6.07) is 7.99. The van der Waals surface area contributed by atoms with E-state index < -0.39 is 0 Å². The maximum Gasteiger partial charge on any atom is 0.255 e. The second-order valence-electron chi connectivity index (χ2n) is 7.48. The van der Waals surface area contributed by atoms with Gasteiger partial charge in [-0.2, -0.15) is 0 Å². The van der Waals surface area contributed by atoms with Gasteiger partial charge in [-0.15, -0.1) is 0 Å². The van der Waals surface area contributed by atoms with Crippen LogP contribution in [0, 0.1) is 0 Å². The number of para-hydroxylation sites is 1. The molecule has 1 heterocycles. The molecule has 5 nitrogen and oxygen atoms in total. The number of piperazine rings is 1. The summed E-state index contributed by atoms with van der Waals surface area (Å²) >= 11 is 0. The molecule has 5 heteroatoms. The molecule has 0 radical (unpaired) electrons. The van der Waals surface area contributed by atoms with Gasteiger partial charge < -0.3 is 15.0 Å². The zero-order valence-electron chi connectivity index (χ0n) is 15.5. The SMILES string of the molecule is CN1CCN(C)C(CNC(=O)c2ccccc2OC2CCCCC2)C1. The van der Waals surface area contributed by atoms with Gasteiger partial charge in [0.1, 0.15) is 5.75 Å². The molecule has 1 unspecified atom stereocenters. The first-order valence-electron chi connectivity index (χ1n) is 9.56. The van der Waals surface area contributed by atoms with Crippen molar-refractivity contribution in [3.05, 3.63) is 29.8 Å². The first kappa shape index (κ1) is 18.2. The minimum Gasteiger partial charge on any atom is -0.490 e. The lowest BCUT2D eigenvalue weighted by atomic mass is 9.97. The van der Waals surface area contributed by atoms with E-state index in [4.69, 9.17) is 4.74 Å². The summed E-state index contributed by atoms with van der Waals surface area (Å²) in [7, 11) is 4.26. The molecule has 1 amide bonds. The molecule has 2 fully saturated rings. The Morgan fingerprint density at radius 2 is 1.92 bits per heavy atom. The number of hydrogen-bond acceptors (Lipinski definition) is 4. The number of likely N-dealkylation sites (N-methyl/N-ethyl adjacent to an activating group) is 2. The molecule has 1 aromatic carbocycles. The van der Waals surface area contributed by atoms with Crippen molar-refractivity contribution < 1.29 is 9.53 Å². The van der Waals surface area contributed by atoms with Crippen LogP contribution in [-0.2, 0) is 0 Å². The summed E-state index contributed by atoms with van der Waals surface area (Å²) in [6.45, 7) is 3.77. The first-order chi connectivity index (χ1) is 12.1. The highest BCUT2D eigenvalue weighted by Gasteiger charge is 2.24. The molecule has 0 aromatic heterocycles. The molecule has 0 spiro atoms. The molecule has 2 aliphatic rings. The molecule has 138 valence electrons. The molecule has 1 atom stereocenters. The maximum atomic E-state index is 12.7. The Hall–Kier alpha value is -1.59. The number of carbonyl (C=O) groups excluding carboxylic acids is 1. The van der Waals surface area contributed by atoms with Gasteiger partial charge in [0.2, 0.25) is 0 Å². The van der Waals surface area contributed by atoms with E-state index in [-0.39, 0.29) is 12.0 Å². The van der Waals surface area contributed by atoms with Crippen molar-refractivity contribution in [2.24, 2.45) is 0 Å². The molecular formula is C20H31N3O2. The minimum absolute atomic E-state index is 0.0342. The Morgan fingerprint density at radius 3 is 2.72 bits per heavy atom. The van der Waals surface area contributed by atoms with Crippen molar-refractivity contribution in [1.82, 2.24) is 15.1 Å². The lowest BCUT2D eigenvalue weighted by molar-refractivity contribution is 0.0872. The van der Waals surface area contributed by atoms with Gasteiger partial charge in [0, 0.05) is 32.2 Å². The smallest absolute Gasteiger partial charge is 0.255 e. The summed E-state index contributed by atoms with van der Waals surface area (Å²) < 4.78 is 6.16. The standard InChI is InChI=1S/C20H31N3O2/c1-22-12-13-23(2)16(15-22)14-21-20(24)18-10-6-7-11-19(18)25-17-8-4-3-5-9-17/h6-7,10-11,16-17H,3-5,8-9,12-15H2,1-2H3,(H,21,24). The Balaban J connectivity index is 1.59.